The molecule has 4 N–H and O–H groups in total. The highest BCUT2D eigenvalue weighted by Crippen LogP contribution is 2.04. The lowest BCUT2D eigenvalue weighted by Crippen LogP contribution is -2.44. The molecule has 1 aliphatic heterocycles. The van der Waals surface area contributed by atoms with Gasteiger partial charge < -0.3 is 21.0 Å². The van der Waals surface area contributed by atoms with Crippen LogP contribution in [0.15, 0.2) is 5.16 Å². The SMILES string of the molecule is CC(NC1CCOC1)C(N)=NO. The molecule has 5 heteroatoms. The molecule has 2 unspecified atom stereocenters. The Hall–Kier alpha value is -0.810. The highest BCUT2D eigenvalue weighted by Gasteiger charge is 2.18. The fourth-order valence-electron chi connectivity index (χ4n) is 1.19. The van der Waals surface area contributed by atoms with E-state index >= 15 is 0 Å². The summed E-state index contributed by atoms with van der Waals surface area (Å²) in [6.45, 7) is 3.36. The van der Waals surface area contributed by atoms with Gasteiger partial charge in [0, 0.05) is 12.6 Å². The molecule has 0 amide bonds. The Labute approximate surface area is 71.6 Å². The summed E-state index contributed by atoms with van der Waals surface area (Å²) >= 11 is 0. The lowest BCUT2D eigenvalue weighted by atomic mass is 10.2. The predicted molar refractivity (Wildman–Crippen MR) is 45.2 cm³/mol. The normalized spacial score (nSPS) is 27.4. The fourth-order valence-corrected chi connectivity index (χ4v) is 1.19. The molecule has 1 saturated heterocycles. The number of oxime groups is 1. The van der Waals surface area contributed by atoms with Crippen LogP contribution in [0.2, 0.25) is 0 Å². The first-order valence-corrected chi connectivity index (χ1v) is 4.05. The lowest BCUT2D eigenvalue weighted by molar-refractivity contribution is 0.189. The van der Waals surface area contributed by atoms with Crippen molar-refractivity contribution < 1.29 is 9.94 Å². The van der Waals surface area contributed by atoms with Crippen molar-refractivity contribution in [1.29, 1.82) is 0 Å². The third-order valence-electron chi connectivity index (χ3n) is 1.97. The van der Waals surface area contributed by atoms with E-state index in [-0.39, 0.29) is 11.9 Å². The average Bonchev–Trinajstić information content (AvgIpc) is 2.55. The Morgan fingerprint density at radius 1 is 1.83 bits per heavy atom. The molecule has 0 aromatic carbocycles. The standard InChI is InChI=1S/C7H15N3O2/c1-5(7(8)10-11)9-6-2-3-12-4-6/h5-6,9,11H,2-4H2,1H3,(H2,8,10). The van der Waals surface area contributed by atoms with E-state index in [0.29, 0.717) is 12.6 Å². The zero-order valence-corrected chi connectivity index (χ0v) is 7.16. The zero-order valence-electron chi connectivity index (χ0n) is 7.16. The van der Waals surface area contributed by atoms with Crippen LogP contribution in [0.25, 0.3) is 0 Å². The first-order valence-electron chi connectivity index (χ1n) is 4.05. The largest absolute Gasteiger partial charge is 0.409 e. The van der Waals surface area contributed by atoms with Gasteiger partial charge in [-0.05, 0) is 13.3 Å². The van der Waals surface area contributed by atoms with Gasteiger partial charge in [0.25, 0.3) is 0 Å². The van der Waals surface area contributed by atoms with Crippen LogP contribution in [-0.4, -0.2) is 36.3 Å². The van der Waals surface area contributed by atoms with Gasteiger partial charge >= 0.3 is 0 Å². The second-order valence-corrected chi connectivity index (χ2v) is 2.97. The van der Waals surface area contributed by atoms with E-state index < -0.39 is 0 Å². The van der Waals surface area contributed by atoms with Crippen LogP contribution in [0.5, 0.6) is 0 Å². The molecule has 0 bridgehead atoms. The summed E-state index contributed by atoms with van der Waals surface area (Å²) in [5.41, 5.74) is 5.39. The van der Waals surface area contributed by atoms with E-state index in [9.17, 15) is 0 Å². The highest BCUT2D eigenvalue weighted by molar-refractivity contribution is 5.84. The number of hydrogen-bond donors (Lipinski definition) is 3. The van der Waals surface area contributed by atoms with Gasteiger partial charge in [0.15, 0.2) is 5.84 Å². The van der Waals surface area contributed by atoms with Crippen molar-refractivity contribution in [2.75, 3.05) is 13.2 Å². The molecule has 0 aromatic heterocycles. The molecular weight excluding hydrogens is 158 g/mol. The summed E-state index contributed by atoms with van der Waals surface area (Å²) in [4.78, 5) is 0. The van der Waals surface area contributed by atoms with Crippen LogP contribution in [0, 0.1) is 0 Å². The monoisotopic (exact) mass is 173 g/mol. The van der Waals surface area contributed by atoms with E-state index in [1.807, 2.05) is 6.92 Å². The Kier molecular flexibility index (Phi) is 3.31. The van der Waals surface area contributed by atoms with Gasteiger partial charge in [-0.2, -0.15) is 0 Å². The molecule has 12 heavy (non-hydrogen) atoms. The molecule has 0 radical (unpaired) electrons. The number of nitrogens with two attached hydrogens (primary N) is 1. The maximum atomic E-state index is 8.37. The van der Waals surface area contributed by atoms with Crippen molar-refractivity contribution in [3.05, 3.63) is 0 Å². The molecule has 1 heterocycles. The van der Waals surface area contributed by atoms with Crippen molar-refractivity contribution >= 4 is 5.84 Å². The second kappa shape index (κ2) is 4.27. The average molecular weight is 173 g/mol. The van der Waals surface area contributed by atoms with Crippen LogP contribution in [0.4, 0.5) is 0 Å². The third-order valence-corrected chi connectivity index (χ3v) is 1.97. The van der Waals surface area contributed by atoms with Gasteiger partial charge in [-0.3, -0.25) is 0 Å². The van der Waals surface area contributed by atoms with Gasteiger partial charge in [-0.15, -0.1) is 0 Å². The number of nitrogens with zero attached hydrogens (tertiary/aromatic N) is 1. The Balaban J connectivity index is 2.29. The van der Waals surface area contributed by atoms with E-state index in [2.05, 4.69) is 10.5 Å². The first-order chi connectivity index (χ1) is 5.74. The van der Waals surface area contributed by atoms with E-state index in [1.54, 1.807) is 0 Å². The van der Waals surface area contributed by atoms with Crippen molar-refractivity contribution in [2.24, 2.45) is 10.9 Å². The Bertz CT molecular complexity index is 166. The number of nitrogens with one attached hydrogen (secondary N) is 1. The Morgan fingerprint density at radius 2 is 2.58 bits per heavy atom. The summed E-state index contributed by atoms with van der Waals surface area (Å²) in [5.74, 6) is 0.210. The molecule has 70 valence electrons. The molecule has 0 saturated carbocycles. The number of amidine groups is 1. The molecule has 1 fully saturated rings. The number of ether oxygens (including phenoxy) is 1. The fraction of sp³-hybridized carbons (Fsp3) is 0.857. The summed E-state index contributed by atoms with van der Waals surface area (Å²) in [6, 6.07) is 0.238. The maximum Gasteiger partial charge on any atom is 0.156 e. The summed E-state index contributed by atoms with van der Waals surface area (Å²) in [6.07, 6.45) is 0.989. The van der Waals surface area contributed by atoms with E-state index in [1.165, 1.54) is 0 Å². The predicted octanol–water partition coefficient (Wildman–Crippen LogP) is -0.500. The molecule has 0 spiro atoms. The quantitative estimate of drug-likeness (QED) is 0.233. The van der Waals surface area contributed by atoms with Gasteiger partial charge in [-0.1, -0.05) is 5.16 Å². The van der Waals surface area contributed by atoms with Gasteiger partial charge in [0.05, 0.1) is 12.6 Å². The highest BCUT2D eigenvalue weighted by atomic mass is 16.5. The summed E-state index contributed by atoms with van der Waals surface area (Å²) < 4.78 is 5.17. The first kappa shape index (κ1) is 9.28. The number of rotatable bonds is 3. The molecule has 2 atom stereocenters. The summed E-state index contributed by atoms with van der Waals surface area (Å²) in [5, 5.41) is 14.5. The molecule has 0 aromatic rings. The van der Waals surface area contributed by atoms with E-state index in [4.69, 9.17) is 15.7 Å². The van der Waals surface area contributed by atoms with Gasteiger partial charge in [-0.25, -0.2) is 0 Å². The van der Waals surface area contributed by atoms with Crippen LogP contribution in [-0.2, 0) is 4.74 Å². The topological polar surface area (TPSA) is 79.9 Å². The Morgan fingerprint density at radius 3 is 3.08 bits per heavy atom. The third kappa shape index (κ3) is 2.35. The zero-order chi connectivity index (χ0) is 8.97. The summed E-state index contributed by atoms with van der Waals surface area (Å²) in [7, 11) is 0. The second-order valence-electron chi connectivity index (χ2n) is 2.97. The van der Waals surface area contributed by atoms with Gasteiger partial charge in [0.1, 0.15) is 0 Å². The smallest absolute Gasteiger partial charge is 0.156 e. The minimum Gasteiger partial charge on any atom is -0.409 e. The van der Waals surface area contributed by atoms with Crippen molar-refractivity contribution in [1.82, 2.24) is 5.32 Å². The molecule has 1 aliphatic rings. The van der Waals surface area contributed by atoms with Crippen molar-refractivity contribution in [2.45, 2.75) is 25.4 Å². The van der Waals surface area contributed by atoms with Crippen LogP contribution in [0.1, 0.15) is 13.3 Å². The lowest BCUT2D eigenvalue weighted by Gasteiger charge is -2.16. The molecular formula is C7H15N3O2. The van der Waals surface area contributed by atoms with Crippen LogP contribution in [0.3, 0.4) is 0 Å². The van der Waals surface area contributed by atoms with Crippen molar-refractivity contribution in [3.63, 3.8) is 0 Å². The van der Waals surface area contributed by atoms with Crippen LogP contribution < -0.4 is 11.1 Å². The maximum absolute atomic E-state index is 8.37. The van der Waals surface area contributed by atoms with E-state index in [0.717, 1.165) is 13.0 Å². The number of hydrogen-bond acceptors (Lipinski definition) is 4. The minimum absolute atomic E-state index is 0.0956. The molecule has 0 aliphatic carbocycles. The molecule has 5 nitrogen and oxygen atoms in total. The minimum atomic E-state index is -0.0956. The van der Waals surface area contributed by atoms with Crippen LogP contribution >= 0.6 is 0 Å². The van der Waals surface area contributed by atoms with Gasteiger partial charge in [0.2, 0.25) is 0 Å². The molecule has 1 rings (SSSR count). The van der Waals surface area contributed by atoms with Crippen molar-refractivity contribution in [3.8, 4) is 0 Å².